The van der Waals surface area contributed by atoms with Gasteiger partial charge in [0.05, 0.1) is 5.41 Å². The van der Waals surface area contributed by atoms with Crippen LogP contribution < -0.4 is 5.32 Å². The number of carbonyl (C=O) groups excluding carboxylic acids is 1. The van der Waals surface area contributed by atoms with Crippen molar-refractivity contribution in [1.82, 2.24) is 10.2 Å². The third-order valence-corrected chi connectivity index (χ3v) is 4.82. The number of carbonyl (C=O) groups is 2. The van der Waals surface area contributed by atoms with Crippen molar-refractivity contribution in [1.29, 1.82) is 0 Å². The van der Waals surface area contributed by atoms with Crippen LogP contribution in [0, 0.1) is 5.41 Å². The number of carboxylic acid groups (broad SMARTS) is 1. The molecule has 5 nitrogen and oxygen atoms in total. The third kappa shape index (κ3) is 3.01. The van der Waals surface area contributed by atoms with Gasteiger partial charge in [-0.1, -0.05) is 13.3 Å². The highest BCUT2D eigenvalue weighted by molar-refractivity contribution is 5.79. The lowest BCUT2D eigenvalue weighted by Crippen LogP contribution is -2.55. The minimum Gasteiger partial charge on any atom is -0.481 e. The standard InChI is InChI=1S/C14H26N2O3/c1-6-13(2,3)16(5)12(19)15-10-8-7-9-14(10,4)11(17)18/h10H,6-9H2,1-5H3,(H,15,19)(H,17,18). The number of carboxylic acids is 1. The molecule has 0 spiro atoms. The first-order valence-corrected chi connectivity index (χ1v) is 6.93. The molecule has 1 rings (SSSR count). The summed E-state index contributed by atoms with van der Waals surface area (Å²) in [6, 6.07) is -0.473. The third-order valence-electron chi connectivity index (χ3n) is 4.82. The summed E-state index contributed by atoms with van der Waals surface area (Å²) in [6.45, 7) is 7.74. The van der Waals surface area contributed by atoms with Gasteiger partial charge in [-0.05, 0) is 40.0 Å². The summed E-state index contributed by atoms with van der Waals surface area (Å²) < 4.78 is 0. The number of urea groups is 1. The summed E-state index contributed by atoms with van der Waals surface area (Å²) in [5, 5.41) is 12.2. The number of hydrogen-bond donors (Lipinski definition) is 2. The quantitative estimate of drug-likeness (QED) is 0.824. The Morgan fingerprint density at radius 3 is 2.53 bits per heavy atom. The van der Waals surface area contributed by atoms with Crippen LogP contribution in [0.3, 0.4) is 0 Å². The molecule has 1 saturated carbocycles. The van der Waals surface area contributed by atoms with Crippen LogP contribution in [0.15, 0.2) is 0 Å². The van der Waals surface area contributed by atoms with Crippen LogP contribution in [0.4, 0.5) is 4.79 Å². The normalized spacial score (nSPS) is 27.1. The molecule has 2 N–H and O–H groups in total. The van der Waals surface area contributed by atoms with E-state index in [1.807, 2.05) is 20.8 Å². The molecule has 1 aliphatic rings. The molecule has 5 heteroatoms. The van der Waals surface area contributed by atoms with Gasteiger partial charge in [0, 0.05) is 18.6 Å². The number of amides is 2. The van der Waals surface area contributed by atoms with E-state index in [0.717, 1.165) is 19.3 Å². The van der Waals surface area contributed by atoms with E-state index in [9.17, 15) is 14.7 Å². The zero-order valence-corrected chi connectivity index (χ0v) is 12.6. The predicted octanol–water partition coefficient (Wildman–Crippen LogP) is 2.46. The van der Waals surface area contributed by atoms with Gasteiger partial charge in [-0.15, -0.1) is 0 Å². The molecule has 19 heavy (non-hydrogen) atoms. The molecule has 0 aromatic carbocycles. The second-order valence-electron chi connectivity index (χ2n) is 6.34. The molecule has 0 aromatic heterocycles. The molecular weight excluding hydrogens is 244 g/mol. The van der Waals surface area contributed by atoms with Crippen LogP contribution in [0.2, 0.25) is 0 Å². The van der Waals surface area contributed by atoms with Crippen molar-refractivity contribution in [2.45, 2.75) is 65.0 Å². The maximum absolute atomic E-state index is 12.2. The summed E-state index contributed by atoms with van der Waals surface area (Å²) in [5.74, 6) is -0.826. The van der Waals surface area contributed by atoms with Crippen molar-refractivity contribution in [2.75, 3.05) is 7.05 Å². The molecule has 0 aromatic rings. The number of nitrogens with one attached hydrogen (secondary N) is 1. The van der Waals surface area contributed by atoms with Gasteiger partial charge < -0.3 is 15.3 Å². The van der Waals surface area contributed by atoms with Crippen molar-refractivity contribution < 1.29 is 14.7 Å². The van der Waals surface area contributed by atoms with Crippen molar-refractivity contribution in [3.63, 3.8) is 0 Å². The molecule has 1 fully saturated rings. The lowest BCUT2D eigenvalue weighted by Gasteiger charge is -2.37. The van der Waals surface area contributed by atoms with Crippen LogP contribution in [0.1, 0.15) is 53.4 Å². The van der Waals surface area contributed by atoms with E-state index in [0.29, 0.717) is 6.42 Å². The van der Waals surface area contributed by atoms with E-state index in [1.165, 1.54) is 0 Å². The fourth-order valence-corrected chi connectivity index (χ4v) is 2.41. The number of nitrogens with zero attached hydrogens (tertiary/aromatic N) is 1. The molecule has 2 unspecified atom stereocenters. The van der Waals surface area contributed by atoms with E-state index in [4.69, 9.17) is 0 Å². The van der Waals surface area contributed by atoms with E-state index in [-0.39, 0.29) is 17.6 Å². The summed E-state index contributed by atoms with van der Waals surface area (Å²) in [6.07, 6.45) is 3.04. The van der Waals surface area contributed by atoms with Gasteiger partial charge in [-0.25, -0.2) is 4.79 Å². The molecule has 0 radical (unpaired) electrons. The first-order chi connectivity index (χ1) is 8.65. The van der Waals surface area contributed by atoms with Crippen LogP contribution in [0.25, 0.3) is 0 Å². The Kier molecular flexibility index (Phi) is 4.48. The Morgan fingerprint density at radius 1 is 1.47 bits per heavy atom. The smallest absolute Gasteiger partial charge is 0.317 e. The van der Waals surface area contributed by atoms with Gasteiger partial charge in [0.2, 0.25) is 0 Å². The molecule has 1 aliphatic carbocycles. The fourth-order valence-electron chi connectivity index (χ4n) is 2.41. The minimum absolute atomic E-state index is 0.189. The second-order valence-corrected chi connectivity index (χ2v) is 6.34. The Morgan fingerprint density at radius 2 is 2.05 bits per heavy atom. The maximum atomic E-state index is 12.2. The molecular formula is C14H26N2O3. The minimum atomic E-state index is -0.840. The topological polar surface area (TPSA) is 69.6 Å². The zero-order chi connectivity index (χ0) is 14.8. The van der Waals surface area contributed by atoms with E-state index >= 15 is 0 Å². The Labute approximate surface area is 115 Å². The summed E-state index contributed by atoms with van der Waals surface area (Å²) in [7, 11) is 1.76. The Balaban J connectivity index is 2.75. The number of rotatable bonds is 4. The van der Waals surface area contributed by atoms with Gasteiger partial charge in [-0.3, -0.25) is 4.79 Å². The van der Waals surface area contributed by atoms with Gasteiger partial charge in [0.25, 0.3) is 0 Å². The second kappa shape index (κ2) is 5.39. The van der Waals surface area contributed by atoms with Crippen LogP contribution >= 0.6 is 0 Å². The number of hydrogen-bond acceptors (Lipinski definition) is 2. The van der Waals surface area contributed by atoms with Crippen LogP contribution in [-0.2, 0) is 4.79 Å². The first kappa shape index (κ1) is 15.8. The molecule has 0 saturated heterocycles. The summed E-state index contributed by atoms with van der Waals surface area (Å²) in [5.41, 5.74) is -1.07. The number of aliphatic carboxylic acids is 1. The van der Waals surface area contributed by atoms with Crippen molar-refractivity contribution in [3.05, 3.63) is 0 Å². The largest absolute Gasteiger partial charge is 0.481 e. The fraction of sp³-hybridized carbons (Fsp3) is 0.857. The van der Waals surface area contributed by atoms with Crippen LogP contribution in [-0.4, -0.2) is 40.6 Å². The van der Waals surface area contributed by atoms with E-state index in [1.54, 1.807) is 18.9 Å². The molecule has 2 atom stereocenters. The predicted molar refractivity (Wildman–Crippen MR) is 74.0 cm³/mol. The average molecular weight is 270 g/mol. The van der Waals surface area contributed by atoms with Gasteiger partial charge in [0.1, 0.15) is 0 Å². The van der Waals surface area contributed by atoms with Crippen LogP contribution in [0.5, 0.6) is 0 Å². The van der Waals surface area contributed by atoms with Gasteiger partial charge in [-0.2, -0.15) is 0 Å². The van der Waals surface area contributed by atoms with Crippen molar-refractivity contribution in [2.24, 2.45) is 5.41 Å². The molecule has 2 amide bonds. The molecule has 0 bridgehead atoms. The molecule has 0 aliphatic heterocycles. The maximum Gasteiger partial charge on any atom is 0.317 e. The van der Waals surface area contributed by atoms with E-state index in [2.05, 4.69) is 5.32 Å². The Hall–Kier alpha value is -1.26. The van der Waals surface area contributed by atoms with Gasteiger partial charge in [0.15, 0.2) is 0 Å². The molecule has 0 heterocycles. The SMILES string of the molecule is CCC(C)(C)N(C)C(=O)NC1CCCC1(C)C(=O)O. The van der Waals surface area contributed by atoms with Gasteiger partial charge >= 0.3 is 12.0 Å². The highest BCUT2D eigenvalue weighted by Crippen LogP contribution is 2.38. The Bertz CT molecular complexity index is 368. The van der Waals surface area contributed by atoms with E-state index < -0.39 is 11.4 Å². The van der Waals surface area contributed by atoms with Crippen molar-refractivity contribution >= 4 is 12.0 Å². The zero-order valence-electron chi connectivity index (χ0n) is 12.6. The summed E-state index contributed by atoms with van der Waals surface area (Å²) >= 11 is 0. The lowest BCUT2D eigenvalue weighted by molar-refractivity contribution is -0.148. The average Bonchev–Trinajstić information content (AvgIpc) is 2.71. The first-order valence-electron chi connectivity index (χ1n) is 6.93. The molecule has 110 valence electrons. The highest BCUT2D eigenvalue weighted by Gasteiger charge is 2.46. The van der Waals surface area contributed by atoms with Crippen molar-refractivity contribution in [3.8, 4) is 0 Å². The lowest BCUT2D eigenvalue weighted by atomic mass is 9.85. The monoisotopic (exact) mass is 270 g/mol. The highest BCUT2D eigenvalue weighted by atomic mass is 16.4. The summed E-state index contributed by atoms with van der Waals surface area (Å²) in [4.78, 5) is 25.3.